The molecule has 2 aromatic carbocycles. The van der Waals surface area contributed by atoms with Crippen LogP contribution in [0.25, 0.3) is 0 Å². The number of amides is 4. The Labute approximate surface area is 319 Å². The first-order chi connectivity index (χ1) is 25.8. The highest BCUT2D eigenvalue weighted by Gasteiger charge is 2.68. The van der Waals surface area contributed by atoms with Gasteiger partial charge in [-0.15, -0.1) is 0 Å². The zero-order valence-electron chi connectivity index (χ0n) is 32.4. The van der Waals surface area contributed by atoms with E-state index in [-0.39, 0.29) is 42.9 Å². The topological polar surface area (TPSA) is 136 Å². The lowest BCUT2D eigenvalue weighted by Gasteiger charge is -2.64. The maximum absolute atomic E-state index is 14.4. The maximum Gasteiger partial charge on any atom is 0.481 e. The highest BCUT2D eigenvalue weighted by Crippen LogP contribution is 2.65. The van der Waals surface area contributed by atoms with E-state index >= 15 is 0 Å². The second-order valence-corrected chi connectivity index (χ2v) is 17.0. The van der Waals surface area contributed by atoms with E-state index in [9.17, 15) is 19.2 Å². The van der Waals surface area contributed by atoms with E-state index in [0.717, 1.165) is 36.0 Å². The molecule has 8 atom stereocenters. The zero-order valence-corrected chi connectivity index (χ0v) is 32.4. The Morgan fingerprint density at radius 2 is 1.63 bits per heavy atom. The third kappa shape index (κ3) is 7.33. The highest BCUT2D eigenvalue weighted by atomic mass is 16.7. The Morgan fingerprint density at radius 3 is 2.28 bits per heavy atom. The van der Waals surface area contributed by atoms with E-state index in [2.05, 4.69) is 38.3 Å². The van der Waals surface area contributed by atoms with Gasteiger partial charge >= 0.3 is 19.3 Å². The Hall–Kier alpha value is -4.10. The minimum absolute atomic E-state index is 0.000576. The first-order valence-electron chi connectivity index (χ1n) is 19.7. The summed E-state index contributed by atoms with van der Waals surface area (Å²) in [6.07, 6.45) is 1.54. The average Bonchev–Trinajstić information content (AvgIpc) is 3.87. The van der Waals surface area contributed by atoms with Gasteiger partial charge in [-0.1, -0.05) is 95.6 Å². The fourth-order valence-corrected chi connectivity index (χ4v) is 9.58. The summed E-state index contributed by atoms with van der Waals surface area (Å²) in [5.74, 6) is -0.636. The minimum Gasteiger partial charge on any atom is -0.445 e. The number of hydrogen-bond donors (Lipinski definition) is 2. The average molecular weight is 743 g/mol. The number of carbonyl (C=O) groups excluding carboxylic acids is 4. The van der Waals surface area contributed by atoms with E-state index < -0.39 is 54.9 Å². The molecule has 3 aliphatic heterocycles. The molecule has 8 rings (SSSR count). The fourth-order valence-electron chi connectivity index (χ4n) is 9.58. The third-order valence-electron chi connectivity index (χ3n) is 12.9. The van der Waals surface area contributed by atoms with E-state index in [4.69, 9.17) is 18.8 Å². The van der Waals surface area contributed by atoms with Gasteiger partial charge in [-0.2, -0.15) is 0 Å². The van der Waals surface area contributed by atoms with Crippen molar-refractivity contribution in [3.63, 3.8) is 0 Å². The van der Waals surface area contributed by atoms with Gasteiger partial charge in [0.1, 0.15) is 24.8 Å². The summed E-state index contributed by atoms with van der Waals surface area (Å²) in [6.45, 7) is 13.4. The minimum atomic E-state index is -0.989. The quantitative estimate of drug-likeness (QED) is 0.284. The van der Waals surface area contributed by atoms with Crippen LogP contribution in [0.15, 0.2) is 54.6 Å². The molecule has 13 heteroatoms. The molecule has 3 heterocycles. The molecule has 4 amide bonds. The molecule has 2 aromatic rings. The van der Waals surface area contributed by atoms with Gasteiger partial charge in [0.15, 0.2) is 0 Å². The Balaban J connectivity index is 1.06. The molecular weight excluding hydrogens is 687 g/mol. The number of alkyl carbamates (subject to hydrolysis) is 1. The Morgan fingerprint density at radius 1 is 0.944 bits per heavy atom. The predicted molar refractivity (Wildman–Crippen MR) is 201 cm³/mol. The van der Waals surface area contributed by atoms with Gasteiger partial charge in [0.05, 0.1) is 24.2 Å². The highest BCUT2D eigenvalue weighted by molar-refractivity contribution is 6.48. The van der Waals surface area contributed by atoms with Crippen LogP contribution in [0.5, 0.6) is 0 Å². The van der Waals surface area contributed by atoms with E-state index in [1.54, 1.807) is 4.90 Å². The first-order valence-corrected chi connectivity index (χ1v) is 19.7. The molecule has 2 N–H and O–H groups in total. The van der Waals surface area contributed by atoms with Gasteiger partial charge < -0.3 is 34.3 Å². The molecule has 3 aliphatic carbocycles. The number of nitrogens with zero attached hydrogens (tertiary/aromatic N) is 2. The second-order valence-electron chi connectivity index (χ2n) is 17.0. The molecule has 2 saturated heterocycles. The number of likely N-dealkylation sites (tertiary alicyclic amines) is 1. The summed E-state index contributed by atoms with van der Waals surface area (Å²) in [4.78, 5) is 58.3. The van der Waals surface area contributed by atoms with Crippen LogP contribution in [0.2, 0.25) is 0 Å². The third-order valence-corrected chi connectivity index (χ3v) is 12.9. The molecule has 5 fully saturated rings. The number of benzene rings is 2. The van der Waals surface area contributed by atoms with Crippen molar-refractivity contribution in [2.45, 2.75) is 129 Å². The molecule has 0 unspecified atom stereocenters. The normalized spacial score (nSPS) is 28.8. The first kappa shape index (κ1) is 38.2. The number of rotatable bonds is 11. The van der Waals surface area contributed by atoms with Gasteiger partial charge in [-0.25, -0.2) is 9.59 Å². The van der Waals surface area contributed by atoms with Crippen LogP contribution in [0.3, 0.4) is 0 Å². The molecule has 0 radical (unpaired) electrons. The second kappa shape index (κ2) is 15.2. The van der Waals surface area contributed by atoms with Gasteiger partial charge in [-0.3, -0.25) is 14.5 Å². The summed E-state index contributed by atoms with van der Waals surface area (Å²) in [6, 6.07) is 15.2. The van der Waals surface area contributed by atoms with Crippen molar-refractivity contribution in [2.24, 2.45) is 23.2 Å². The molecule has 6 aliphatic rings. The zero-order chi connectivity index (χ0) is 38.4. The summed E-state index contributed by atoms with van der Waals surface area (Å²) in [7, 11) is -0.625. The summed E-state index contributed by atoms with van der Waals surface area (Å²) < 4.78 is 24.8. The molecule has 290 valence electrons. The van der Waals surface area contributed by atoms with Crippen molar-refractivity contribution in [2.75, 3.05) is 6.54 Å². The number of fused-ring (bicyclic) bond motifs is 1. The Kier molecular flexibility index (Phi) is 10.8. The van der Waals surface area contributed by atoms with Crippen LogP contribution in [0.1, 0.15) is 90.3 Å². The molecule has 54 heavy (non-hydrogen) atoms. The lowest BCUT2D eigenvalue weighted by molar-refractivity contribution is -0.199. The maximum atomic E-state index is 14.4. The van der Waals surface area contributed by atoms with Crippen LogP contribution in [-0.2, 0) is 48.1 Å². The molecule has 0 aromatic heterocycles. The lowest BCUT2D eigenvalue weighted by atomic mass is 9.43. The number of hydrogen-bond acceptors (Lipinski definition) is 8. The monoisotopic (exact) mass is 742 g/mol. The van der Waals surface area contributed by atoms with Crippen molar-refractivity contribution in [3.8, 4) is 0 Å². The van der Waals surface area contributed by atoms with Crippen LogP contribution in [0, 0.1) is 23.2 Å². The number of carbonyl (C=O) groups is 4. The van der Waals surface area contributed by atoms with E-state index in [0.29, 0.717) is 31.3 Å². The van der Waals surface area contributed by atoms with Crippen molar-refractivity contribution >= 4 is 31.1 Å². The van der Waals surface area contributed by atoms with Gasteiger partial charge in [0, 0.05) is 19.5 Å². The van der Waals surface area contributed by atoms with Crippen molar-refractivity contribution in [3.05, 3.63) is 71.3 Å². The van der Waals surface area contributed by atoms with Crippen LogP contribution < -0.4 is 10.6 Å². The van der Waals surface area contributed by atoms with E-state index in [1.807, 2.05) is 68.4 Å². The van der Waals surface area contributed by atoms with Gasteiger partial charge in [0.2, 0.25) is 11.8 Å². The van der Waals surface area contributed by atoms with Crippen LogP contribution >= 0.6 is 0 Å². The molecule has 0 spiro atoms. The van der Waals surface area contributed by atoms with Crippen molar-refractivity contribution in [1.29, 1.82) is 0 Å². The number of ether oxygens (including phenoxy) is 2. The number of nitrogens with one attached hydrogen (secondary N) is 2. The van der Waals surface area contributed by atoms with Crippen LogP contribution in [0.4, 0.5) is 9.59 Å². The van der Waals surface area contributed by atoms with Crippen molar-refractivity contribution in [1.82, 2.24) is 20.4 Å². The van der Waals surface area contributed by atoms with Crippen LogP contribution in [-0.4, -0.2) is 83.3 Å². The fraction of sp³-hybridized carbons (Fsp3) is 0.610. The smallest absolute Gasteiger partial charge is 0.445 e. The van der Waals surface area contributed by atoms with Crippen molar-refractivity contribution < 1.29 is 38.0 Å². The lowest BCUT2D eigenvalue weighted by Crippen LogP contribution is -2.65. The van der Waals surface area contributed by atoms with E-state index in [1.165, 1.54) is 4.90 Å². The standard InChI is InChI=1S/C41H55BN4O8/c1-7-13-34(42-53-33-19-29-18-32(40(29,4)5)41(33,6)54-42)43-36(47)31-20-30(52-39(50)45-21-27-16-11-12-17-28(27)22-45)23-46(31)37(48)35(25(2)3)44-38(49)51-24-26-14-9-8-10-15-26/h8-12,14-17,25,29-35H,7,13,18-24H2,1-6H3,(H,43,47)(H,44,49)/t29-,30+,31-,32-,33+,34-,35-,41-/m0/s1. The predicted octanol–water partition coefficient (Wildman–Crippen LogP) is 5.61. The molecular formula is C41H55BN4O8. The van der Waals surface area contributed by atoms with Gasteiger partial charge in [-0.05, 0) is 66.0 Å². The van der Waals surface area contributed by atoms with Gasteiger partial charge in [0.25, 0.3) is 0 Å². The largest absolute Gasteiger partial charge is 0.481 e. The summed E-state index contributed by atoms with van der Waals surface area (Å²) >= 11 is 0. The summed E-state index contributed by atoms with van der Waals surface area (Å²) in [5.41, 5.74) is 2.68. The summed E-state index contributed by atoms with van der Waals surface area (Å²) in [5, 5.41) is 5.95. The SMILES string of the molecule is CCC[C@H](NC(=O)[C@@H]1C[C@@H](OC(=O)N2Cc3ccccc3C2)CN1C(=O)[C@@H](NC(=O)OCc1ccccc1)C(C)C)B1O[C@@H]2C[C@@H]3C[C@@H](C3(C)C)[C@]2(C)O1. The molecule has 12 nitrogen and oxygen atoms in total. The molecule has 2 bridgehead atoms. The molecule has 3 saturated carbocycles. The Bertz CT molecular complexity index is 1700.